The first kappa shape index (κ1) is 10.1. The fourth-order valence-electron chi connectivity index (χ4n) is 0.0772. The van der Waals surface area contributed by atoms with Crippen molar-refractivity contribution < 1.29 is 0 Å². The summed E-state index contributed by atoms with van der Waals surface area (Å²) >= 11 is 5.22. The van der Waals surface area contributed by atoms with Gasteiger partial charge in [-0.2, -0.15) is 0 Å². The average molecular weight is 221 g/mol. The van der Waals surface area contributed by atoms with Gasteiger partial charge in [0, 0.05) is 5.88 Å². The minimum Gasteiger partial charge on any atom is -0.330 e. The van der Waals surface area contributed by atoms with Crippen LogP contribution in [0.4, 0.5) is 0 Å². The highest BCUT2D eigenvalue weighted by Crippen LogP contribution is 1.76. The number of alkyl halides is 1. The van der Waals surface area contributed by atoms with E-state index in [2.05, 4.69) is 0 Å². The number of halogens is 2. The maximum Gasteiger partial charge on any atom is 0.0235 e. The van der Waals surface area contributed by atoms with Gasteiger partial charge in [-0.05, 0) is 13.0 Å². The van der Waals surface area contributed by atoms with Crippen molar-refractivity contribution >= 4 is 35.6 Å². The largest absolute Gasteiger partial charge is 0.330 e. The Morgan fingerprint density at radius 1 is 1.50 bits per heavy atom. The first-order chi connectivity index (χ1) is 2.41. The summed E-state index contributed by atoms with van der Waals surface area (Å²) in [6, 6.07) is 0. The number of hydrogen-bond acceptors (Lipinski definition) is 1. The van der Waals surface area contributed by atoms with E-state index < -0.39 is 0 Å². The molecule has 0 saturated carbocycles. The molecule has 0 saturated heterocycles. The van der Waals surface area contributed by atoms with Crippen molar-refractivity contribution in [2.75, 3.05) is 12.4 Å². The lowest BCUT2D eigenvalue weighted by Crippen LogP contribution is -1.97. The number of rotatable bonds is 2. The Morgan fingerprint density at radius 3 is 2.00 bits per heavy atom. The highest BCUT2D eigenvalue weighted by atomic mass is 127. The van der Waals surface area contributed by atoms with Crippen LogP contribution in [0.5, 0.6) is 0 Å². The lowest BCUT2D eigenvalue weighted by atomic mass is 10.5. The van der Waals surface area contributed by atoms with E-state index in [0.717, 1.165) is 6.42 Å². The summed E-state index contributed by atoms with van der Waals surface area (Å²) in [5.74, 6) is 0.691. The van der Waals surface area contributed by atoms with Gasteiger partial charge in [0.1, 0.15) is 0 Å². The van der Waals surface area contributed by atoms with Gasteiger partial charge >= 0.3 is 0 Å². The summed E-state index contributed by atoms with van der Waals surface area (Å²) in [4.78, 5) is 0. The fraction of sp³-hybridized carbons (Fsp3) is 1.00. The van der Waals surface area contributed by atoms with E-state index >= 15 is 0 Å². The summed E-state index contributed by atoms with van der Waals surface area (Å²) in [5.41, 5.74) is 5.05. The Balaban J connectivity index is 0. The standard InChI is InChI=1S/C3H8ClN.HI/c4-2-1-3-5;/h1-3,5H2;1H. The zero-order valence-corrected chi connectivity index (χ0v) is 6.57. The van der Waals surface area contributed by atoms with Crippen LogP contribution in [0.15, 0.2) is 0 Å². The monoisotopic (exact) mass is 221 g/mol. The molecule has 0 aromatic carbocycles. The van der Waals surface area contributed by atoms with E-state index in [9.17, 15) is 0 Å². The van der Waals surface area contributed by atoms with Crippen molar-refractivity contribution in [3.8, 4) is 0 Å². The minimum absolute atomic E-state index is 0. The van der Waals surface area contributed by atoms with Gasteiger partial charge in [0.15, 0.2) is 0 Å². The molecule has 0 spiro atoms. The summed E-state index contributed by atoms with van der Waals surface area (Å²) in [7, 11) is 0. The first-order valence-electron chi connectivity index (χ1n) is 1.68. The van der Waals surface area contributed by atoms with Crippen LogP contribution in [0.25, 0.3) is 0 Å². The van der Waals surface area contributed by atoms with E-state index in [4.69, 9.17) is 17.3 Å². The molecule has 0 bridgehead atoms. The second-order valence-electron chi connectivity index (χ2n) is 0.831. The van der Waals surface area contributed by atoms with Crippen molar-refractivity contribution in [1.29, 1.82) is 0 Å². The molecule has 0 amide bonds. The van der Waals surface area contributed by atoms with Crippen LogP contribution in [0.3, 0.4) is 0 Å². The predicted molar refractivity (Wildman–Crippen MR) is 39.8 cm³/mol. The normalized spacial score (nSPS) is 7.00. The van der Waals surface area contributed by atoms with Crippen molar-refractivity contribution in [1.82, 2.24) is 0 Å². The smallest absolute Gasteiger partial charge is 0.0235 e. The lowest BCUT2D eigenvalue weighted by Gasteiger charge is -1.78. The summed E-state index contributed by atoms with van der Waals surface area (Å²) in [6.07, 6.45) is 0.932. The molecule has 0 atom stereocenters. The average Bonchev–Trinajstić information content (AvgIpc) is 1.41. The summed E-state index contributed by atoms with van der Waals surface area (Å²) in [5, 5.41) is 0. The zero-order chi connectivity index (χ0) is 4.12. The molecule has 6 heavy (non-hydrogen) atoms. The van der Waals surface area contributed by atoms with Crippen molar-refractivity contribution in [2.24, 2.45) is 5.73 Å². The topological polar surface area (TPSA) is 26.0 Å². The molecule has 40 valence electrons. The fourth-order valence-corrected chi connectivity index (χ4v) is 0.231. The van der Waals surface area contributed by atoms with Gasteiger partial charge in [-0.3, -0.25) is 0 Å². The molecule has 0 radical (unpaired) electrons. The van der Waals surface area contributed by atoms with E-state index in [1.165, 1.54) is 0 Å². The van der Waals surface area contributed by atoms with Crippen LogP contribution in [-0.2, 0) is 0 Å². The third kappa shape index (κ3) is 8.88. The SMILES string of the molecule is I.NCCCCl. The quantitative estimate of drug-likeness (QED) is 0.550. The molecular formula is C3H9ClIN. The third-order valence-electron chi connectivity index (χ3n) is 0.338. The molecule has 2 N–H and O–H groups in total. The predicted octanol–water partition coefficient (Wildman–Crippen LogP) is 1.19. The van der Waals surface area contributed by atoms with Crippen molar-refractivity contribution in [3.05, 3.63) is 0 Å². The molecule has 0 aromatic heterocycles. The summed E-state index contributed by atoms with van der Waals surface area (Å²) in [6.45, 7) is 0.712. The highest BCUT2D eigenvalue weighted by Gasteiger charge is 1.70. The Morgan fingerprint density at radius 2 is 2.00 bits per heavy atom. The van der Waals surface area contributed by atoms with Crippen LogP contribution in [-0.4, -0.2) is 12.4 Å². The molecule has 0 unspecified atom stereocenters. The Labute approximate surface area is 60.3 Å². The van der Waals surface area contributed by atoms with Crippen LogP contribution in [0, 0.1) is 0 Å². The molecule has 1 nitrogen and oxygen atoms in total. The van der Waals surface area contributed by atoms with Gasteiger partial charge < -0.3 is 5.73 Å². The van der Waals surface area contributed by atoms with Crippen LogP contribution in [0.2, 0.25) is 0 Å². The van der Waals surface area contributed by atoms with Gasteiger partial charge in [0.2, 0.25) is 0 Å². The maximum atomic E-state index is 5.22. The lowest BCUT2D eigenvalue weighted by molar-refractivity contribution is 0.939. The van der Waals surface area contributed by atoms with Gasteiger partial charge in [0.25, 0.3) is 0 Å². The molecule has 0 heterocycles. The molecule has 0 aliphatic carbocycles. The van der Waals surface area contributed by atoms with E-state index in [-0.39, 0.29) is 24.0 Å². The molecule has 0 aromatic rings. The van der Waals surface area contributed by atoms with Crippen molar-refractivity contribution in [3.63, 3.8) is 0 Å². The second-order valence-corrected chi connectivity index (χ2v) is 1.21. The third-order valence-corrected chi connectivity index (χ3v) is 0.605. The maximum absolute atomic E-state index is 5.22. The van der Waals surface area contributed by atoms with Crippen LogP contribution >= 0.6 is 35.6 Å². The van der Waals surface area contributed by atoms with E-state index in [1.807, 2.05) is 0 Å². The Kier molecular flexibility index (Phi) is 15.7. The molecule has 0 aliphatic heterocycles. The number of hydrogen-bond donors (Lipinski definition) is 1. The van der Waals surface area contributed by atoms with Gasteiger partial charge in [-0.15, -0.1) is 35.6 Å². The molecule has 0 rings (SSSR count). The van der Waals surface area contributed by atoms with Gasteiger partial charge in [-0.25, -0.2) is 0 Å². The molecule has 0 fully saturated rings. The first-order valence-corrected chi connectivity index (χ1v) is 2.21. The summed E-state index contributed by atoms with van der Waals surface area (Å²) < 4.78 is 0. The highest BCUT2D eigenvalue weighted by molar-refractivity contribution is 14.0. The zero-order valence-electron chi connectivity index (χ0n) is 3.48. The minimum atomic E-state index is 0. The van der Waals surface area contributed by atoms with Crippen molar-refractivity contribution in [2.45, 2.75) is 6.42 Å². The second kappa shape index (κ2) is 9.36. The van der Waals surface area contributed by atoms with Crippen LogP contribution < -0.4 is 5.73 Å². The van der Waals surface area contributed by atoms with Gasteiger partial charge in [0.05, 0.1) is 0 Å². The Hall–Kier alpha value is 0.980. The molecule has 3 heteroatoms. The molecular weight excluding hydrogens is 212 g/mol. The Bertz CT molecular complexity index is 18.3. The van der Waals surface area contributed by atoms with Gasteiger partial charge in [-0.1, -0.05) is 0 Å². The number of nitrogens with two attached hydrogens (primary N) is 1. The van der Waals surface area contributed by atoms with Crippen LogP contribution in [0.1, 0.15) is 6.42 Å². The van der Waals surface area contributed by atoms with E-state index in [1.54, 1.807) is 0 Å². The molecule has 0 aliphatic rings. The van der Waals surface area contributed by atoms with E-state index in [0.29, 0.717) is 12.4 Å².